The largest absolute Gasteiger partial charge is 0.359 e. The Balaban J connectivity index is 3.00. The Morgan fingerprint density at radius 2 is 2.00 bits per heavy atom. The van der Waals surface area contributed by atoms with Gasteiger partial charge in [-0.3, -0.25) is 4.79 Å². The van der Waals surface area contributed by atoms with Crippen molar-refractivity contribution in [2.24, 2.45) is 0 Å². The van der Waals surface area contributed by atoms with Gasteiger partial charge >= 0.3 is 0 Å². The lowest BCUT2D eigenvalue weighted by atomic mass is 10.5. The molecular weight excluding hydrogens is 190 g/mol. The summed E-state index contributed by atoms with van der Waals surface area (Å²) in [6, 6.07) is 3.69. The van der Waals surface area contributed by atoms with Gasteiger partial charge in [0.15, 0.2) is 0 Å². The average Bonchev–Trinajstić information content (AvgIpc) is 2.30. The Morgan fingerprint density at radius 3 is 2.25 bits per heavy atom. The first-order valence-electron chi connectivity index (χ1n) is 3.80. The molecule has 1 N–H and O–H groups in total. The van der Waals surface area contributed by atoms with Crippen LogP contribution in [0.4, 0.5) is 0 Å². The van der Waals surface area contributed by atoms with E-state index in [2.05, 4.69) is 24.6 Å². The van der Waals surface area contributed by atoms with Crippen molar-refractivity contribution in [2.75, 3.05) is 0 Å². The molecule has 1 heterocycles. The van der Waals surface area contributed by atoms with E-state index in [1.54, 1.807) is 6.07 Å². The molecule has 1 rings (SSSR count). The highest BCUT2D eigenvalue weighted by Gasteiger charge is 2.19. The highest BCUT2D eigenvalue weighted by molar-refractivity contribution is 6.88. The second-order valence-corrected chi connectivity index (χ2v) is 9.19. The van der Waals surface area contributed by atoms with Gasteiger partial charge in [0, 0.05) is 0 Å². The lowest BCUT2D eigenvalue weighted by molar-refractivity contribution is 0.107. The van der Waals surface area contributed by atoms with Crippen LogP contribution in [0.15, 0.2) is 12.1 Å². The molecule has 0 fully saturated rings. The monoisotopic (exact) mass is 201 g/mol. The van der Waals surface area contributed by atoms with Crippen LogP contribution in [-0.2, 0) is 0 Å². The standard InChI is InChI=1S/C8H12ClNOSi/c1-12(2,3)7-5-4-6(10-7)8(9)11/h4-5,10H,1-3H3. The number of aromatic amines is 1. The summed E-state index contributed by atoms with van der Waals surface area (Å²) >= 11 is 5.31. The van der Waals surface area contributed by atoms with Crippen LogP contribution in [0.1, 0.15) is 10.5 Å². The van der Waals surface area contributed by atoms with E-state index in [1.807, 2.05) is 6.07 Å². The first-order chi connectivity index (χ1) is 5.41. The number of carbonyl (C=O) groups excluding carboxylic acids is 1. The second kappa shape index (κ2) is 3.07. The van der Waals surface area contributed by atoms with Gasteiger partial charge in [-0.2, -0.15) is 0 Å². The number of nitrogens with one attached hydrogen (secondary N) is 1. The molecule has 0 atom stereocenters. The normalized spacial score (nSPS) is 11.7. The molecular formula is C8H12ClNOSi. The lowest BCUT2D eigenvalue weighted by Gasteiger charge is -2.12. The average molecular weight is 202 g/mol. The zero-order valence-corrected chi connectivity index (χ0v) is 9.20. The van der Waals surface area contributed by atoms with E-state index in [0.717, 1.165) is 5.32 Å². The van der Waals surface area contributed by atoms with E-state index in [4.69, 9.17) is 11.6 Å². The van der Waals surface area contributed by atoms with Crippen LogP contribution in [0, 0.1) is 0 Å². The molecule has 66 valence electrons. The maximum absolute atomic E-state index is 10.7. The van der Waals surface area contributed by atoms with Crippen LogP contribution >= 0.6 is 11.6 Å². The van der Waals surface area contributed by atoms with Crippen molar-refractivity contribution in [3.05, 3.63) is 17.8 Å². The summed E-state index contributed by atoms with van der Waals surface area (Å²) in [5.74, 6) is 0. The number of aromatic nitrogens is 1. The van der Waals surface area contributed by atoms with Gasteiger partial charge in [0.2, 0.25) is 0 Å². The van der Waals surface area contributed by atoms with E-state index >= 15 is 0 Å². The van der Waals surface area contributed by atoms with Crippen molar-refractivity contribution in [1.82, 2.24) is 4.98 Å². The quantitative estimate of drug-likeness (QED) is 0.576. The third-order valence-corrected chi connectivity index (χ3v) is 3.82. The Labute approximate surface area is 77.9 Å². The highest BCUT2D eigenvalue weighted by Crippen LogP contribution is 2.04. The molecule has 2 nitrogen and oxygen atoms in total. The summed E-state index contributed by atoms with van der Waals surface area (Å²) < 4.78 is 0. The summed E-state index contributed by atoms with van der Waals surface area (Å²) in [6.45, 7) is 6.63. The van der Waals surface area contributed by atoms with Gasteiger partial charge < -0.3 is 4.98 Å². The fourth-order valence-corrected chi connectivity index (χ4v) is 2.15. The van der Waals surface area contributed by atoms with Gasteiger partial charge in [0.05, 0.1) is 13.8 Å². The first-order valence-corrected chi connectivity index (χ1v) is 7.68. The van der Waals surface area contributed by atoms with Crippen molar-refractivity contribution >= 4 is 30.2 Å². The first kappa shape index (κ1) is 9.54. The minimum Gasteiger partial charge on any atom is -0.359 e. The maximum Gasteiger partial charge on any atom is 0.268 e. The zero-order valence-electron chi connectivity index (χ0n) is 7.44. The Hall–Kier alpha value is -0.543. The SMILES string of the molecule is C[Si](C)(C)c1ccc(C(=O)Cl)[nH]1. The number of halogens is 1. The van der Waals surface area contributed by atoms with Crippen molar-refractivity contribution in [2.45, 2.75) is 19.6 Å². The van der Waals surface area contributed by atoms with E-state index in [0.29, 0.717) is 5.69 Å². The van der Waals surface area contributed by atoms with Gasteiger partial charge in [0.1, 0.15) is 0 Å². The topological polar surface area (TPSA) is 32.9 Å². The minimum atomic E-state index is -1.32. The molecule has 0 bridgehead atoms. The number of H-pyrrole nitrogens is 1. The Kier molecular flexibility index (Phi) is 2.44. The number of rotatable bonds is 2. The van der Waals surface area contributed by atoms with Crippen LogP contribution in [0.3, 0.4) is 0 Å². The molecule has 1 aromatic rings. The fraction of sp³-hybridized carbons (Fsp3) is 0.375. The number of hydrogen-bond acceptors (Lipinski definition) is 1. The molecule has 0 amide bonds. The van der Waals surface area contributed by atoms with Crippen molar-refractivity contribution in [3.63, 3.8) is 0 Å². The maximum atomic E-state index is 10.7. The molecule has 0 spiro atoms. The molecule has 4 heteroatoms. The summed E-state index contributed by atoms with van der Waals surface area (Å²) in [7, 11) is -1.32. The van der Waals surface area contributed by atoms with Crippen molar-refractivity contribution < 1.29 is 4.79 Å². The van der Waals surface area contributed by atoms with E-state index in [9.17, 15) is 4.79 Å². The van der Waals surface area contributed by atoms with Gasteiger partial charge in [-0.25, -0.2) is 0 Å². The van der Waals surface area contributed by atoms with Gasteiger partial charge in [-0.15, -0.1) is 0 Å². The van der Waals surface area contributed by atoms with E-state index < -0.39 is 13.3 Å². The summed E-state index contributed by atoms with van der Waals surface area (Å²) in [5.41, 5.74) is 0.495. The molecule has 0 saturated heterocycles. The Morgan fingerprint density at radius 1 is 1.42 bits per heavy atom. The molecule has 0 saturated carbocycles. The molecule has 1 aromatic heterocycles. The van der Waals surface area contributed by atoms with E-state index in [-0.39, 0.29) is 0 Å². The third kappa shape index (κ3) is 1.99. The van der Waals surface area contributed by atoms with Crippen LogP contribution < -0.4 is 5.32 Å². The lowest BCUT2D eigenvalue weighted by Crippen LogP contribution is -2.38. The van der Waals surface area contributed by atoms with Crippen LogP contribution in [0.25, 0.3) is 0 Å². The summed E-state index contributed by atoms with van der Waals surface area (Å²) in [4.78, 5) is 13.8. The molecule has 0 aromatic carbocycles. The van der Waals surface area contributed by atoms with Crippen LogP contribution in [-0.4, -0.2) is 18.3 Å². The predicted octanol–water partition coefficient (Wildman–Crippen LogP) is 1.94. The number of hydrogen-bond donors (Lipinski definition) is 1. The van der Waals surface area contributed by atoms with Crippen molar-refractivity contribution in [1.29, 1.82) is 0 Å². The Bertz CT molecular complexity index is 300. The highest BCUT2D eigenvalue weighted by atomic mass is 35.5. The second-order valence-electron chi connectivity index (χ2n) is 3.81. The number of carbonyl (C=O) groups is 1. The molecule has 0 aliphatic heterocycles. The smallest absolute Gasteiger partial charge is 0.268 e. The molecule has 0 aliphatic rings. The van der Waals surface area contributed by atoms with Gasteiger partial charge in [-0.1, -0.05) is 19.6 Å². The van der Waals surface area contributed by atoms with E-state index in [1.165, 1.54) is 0 Å². The van der Waals surface area contributed by atoms with Crippen molar-refractivity contribution in [3.8, 4) is 0 Å². The molecule has 12 heavy (non-hydrogen) atoms. The zero-order chi connectivity index (χ0) is 9.35. The van der Waals surface area contributed by atoms with Gasteiger partial charge in [-0.05, 0) is 29.1 Å². The molecule has 0 radical (unpaired) electrons. The van der Waals surface area contributed by atoms with Crippen LogP contribution in [0.2, 0.25) is 19.6 Å². The predicted molar refractivity (Wildman–Crippen MR) is 54.0 cm³/mol. The third-order valence-electron chi connectivity index (χ3n) is 1.71. The van der Waals surface area contributed by atoms with Crippen LogP contribution in [0.5, 0.6) is 0 Å². The summed E-state index contributed by atoms with van der Waals surface area (Å²) in [5, 5.41) is 0.742. The minimum absolute atomic E-state index is 0.417. The fourth-order valence-electron chi connectivity index (χ4n) is 0.947. The molecule has 0 aliphatic carbocycles. The van der Waals surface area contributed by atoms with Gasteiger partial charge in [0.25, 0.3) is 5.24 Å². The molecule has 0 unspecified atom stereocenters. The summed E-state index contributed by atoms with van der Waals surface area (Å²) in [6.07, 6.45) is 0.